The lowest BCUT2D eigenvalue weighted by Gasteiger charge is -2.12. The summed E-state index contributed by atoms with van der Waals surface area (Å²) in [7, 11) is 4.44. The quantitative estimate of drug-likeness (QED) is 0.768. The van der Waals surface area contributed by atoms with Crippen molar-refractivity contribution < 1.29 is 18.8 Å². The molecule has 2 rings (SSSR count). The lowest BCUT2D eigenvalue weighted by Crippen LogP contribution is -2.27. The molecular weight excluding hydrogens is 237 g/mol. The Kier molecular flexibility index (Phi) is 3.52. The van der Waals surface area contributed by atoms with Crippen molar-refractivity contribution in [2.75, 3.05) is 21.3 Å². The summed E-state index contributed by atoms with van der Waals surface area (Å²) in [6.07, 6.45) is -1.14. The highest BCUT2D eigenvalue weighted by molar-refractivity contribution is 5.83. The number of benzene rings is 1. The zero-order chi connectivity index (χ0) is 13.3. The van der Waals surface area contributed by atoms with Gasteiger partial charge in [-0.15, -0.1) is 0 Å². The Hall–Kier alpha value is -1.62. The van der Waals surface area contributed by atoms with Crippen LogP contribution in [0.5, 0.6) is 5.75 Å². The highest BCUT2D eigenvalue weighted by Gasteiger charge is 2.57. The number of nitrogens with zero attached hydrogens (tertiary/aromatic N) is 1. The number of ether oxygens (including phenoxy) is 1. The summed E-state index contributed by atoms with van der Waals surface area (Å²) in [5, 5.41) is 1.07. The van der Waals surface area contributed by atoms with Crippen LogP contribution in [0.15, 0.2) is 24.3 Å². The third-order valence-corrected chi connectivity index (χ3v) is 3.30. The fourth-order valence-corrected chi connectivity index (χ4v) is 2.08. The van der Waals surface area contributed by atoms with Crippen molar-refractivity contribution in [3.8, 4) is 5.75 Å². The van der Waals surface area contributed by atoms with Crippen LogP contribution in [-0.2, 0) is 9.63 Å². The van der Waals surface area contributed by atoms with Crippen LogP contribution >= 0.6 is 0 Å². The second kappa shape index (κ2) is 4.94. The largest absolute Gasteiger partial charge is 0.497 e. The number of methoxy groups -OCH3 is 1. The SMILES string of the molecule is COc1ccc(C2C(F)C2C(=O)N(C)OC)cc1. The van der Waals surface area contributed by atoms with Gasteiger partial charge in [0.1, 0.15) is 11.9 Å². The molecule has 0 aromatic heterocycles. The average Bonchev–Trinajstić information content (AvgIpc) is 3.08. The minimum absolute atomic E-state index is 0.328. The predicted molar refractivity (Wildman–Crippen MR) is 63.9 cm³/mol. The van der Waals surface area contributed by atoms with Crippen molar-refractivity contribution in [2.24, 2.45) is 5.92 Å². The van der Waals surface area contributed by atoms with Crippen LogP contribution in [0, 0.1) is 5.92 Å². The van der Waals surface area contributed by atoms with E-state index in [9.17, 15) is 9.18 Å². The minimum Gasteiger partial charge on any atom is -0.497 e. The summed E-state index contributed by atoms with van der Waals surface area (Å²) in [4.78, 5) is 16.6. The number of hydroxylamine groups is 2. The molecule has 4 nitrogen and oxygen atoms in total. The molecule has 0 saturated heterocycles. The maximum Gasteiger partial charge on any atom is 0.252 e. The Morgan fingerprint density at radius 1 is 1.28 bits per heavy atom. The van der Waals surface area contributed by atoms with Crippen molar-refractivity contribution in [2.45, 2.75) is 12.1 Å². The van der Waals surface area contributed by atoms with Crippen LogP contribution < -0.4 is 4.74 Å². The summed E-state index contributed by atoms with van der Waals surface area (Å²) in [5.41, 5.74) is 0.811. The summed E-state index contributed by atoms with van der Waals surface area (Å²) in [5.74, 6) is -0.623. The number of carbonyl (C=O) groups excluding carboxylic acids is 1. The first-order valence-electron chi connectivity index (χ1n) is 5.70. The van der Waals surface area contributed by atoms with Crippen LogP contribution in [0.25, 0.3) is 0 Å². The van der Waals surface area contributed by atoms with Crippen LogP contribution in [0.2, 0.25) is 0 Å². The molecule has 0 bridgehead atoms. The molecule has 5 heteroatoms. The first-order valence-corrected chi connectivity index (χ1v) is 5.70. The summed E-state index contributed by atoms with van der Waals surface area (Å²) in [6.45, 7) is 0. The molecule has 1 aliphatic carbocycles. The van der Waals surface area contributed by atoms with Gasteiger partial charge in [-0.1, -0.05) is 12.1 Å². The maximum atomic E-state index is 13.7. The molecule has 3 atom stereocenters. The van der Waals surface area contributed by atoms with E-state index in [0.29, 0.717) is 5.75 Å². The normalized spacial score (nSPS) is 25.7. The molecule has 1 aromatic rings. The van der Waals surface area contributed by atoms with Gasteiger partial charge in [-0.05, 0) is 17.7 Å². The maximum absolute atomic E-state index is 13.7. The first kappa shape index (κ1) is 12.8. The highest BCUT2D eigenvalue weighted by atomic mass is 19.1. The number of hydrogen-bond donors (Lipinski definition) is 0. The van der Waals surface area contributed by atoms with E-state index in [1.54, 1.807) is 31.4 Å². The van der Waals surface area contributed by atoms with Gasteiger partial charge in [0.15, 0.2) is 0 Å². The smallest absolute Gasteiger partial charge is 0.252 e. The fourth-order valence-electron chi connectivity index (χ4n) is 2.08. The summed E-state index contributed by atoms with van der Waals surface area (Å²) < 4.78 is 18.8. The van der Waals surface area contributed by atoms with Crippen LogP contribution in [0.1, 0.15) is 11.5 Å². The Morgan fingerprint density at radius 2 is 1.89 bits per heavy atom. The van der Waals surface area contributed by atoms with Gasteiger partial charge in [-0.25, -0.2) is 9.45 Å². The molecular formula is C13H16FNO3. The molecule has 1 aromatic carbocycles. The third kappa shape index (κ3) is 2.18. The molecule has 0 heterocycles. The van der Waals surface area contributed by atoms with Crippen LogP contribution in [0.3, 0.4) is 0 Å². The van der Waals surface area contributed by atoms with Crippen molar-refractivity contribution in [3.05, 3.63) is 29.8 Å². The third-order valence-electron chi connectivity index (χ3n) is 3.30. The van der Waals surface area contributed by atoms with Gasteiger partial charge < -0.3 is 4.74 Å². The molecule has 1 aliphatic rings. The molecule has 3 unspecified atom stereocenters. The number of alkyl halides is 1. The number of amides is 1. The van der Waals surface area contributed by atoms with Crippen molar-refractivity contribution in [1.29, 1.82) is 0 Å². The van der Waals surface area contributed by atoms with Gasteiger partial charge >= 0.3 is 0 Å². The summed E-state index contributed by atoms with van der Waals surface area (Å²) in [6, 6.07) is 7.11. The van der Waals surface area contributed by atoms with Gasteiger partial charge in [0.25, 0.3) is 5.91 Å². The molecule has 0 radical (unpaired) electrons. The molecule has 0 aliphatic heterocycles. The van der Waals surface area contributed by atoms with Gasteiger partial charge in [0.2, 0.25) is 0 Å². The number of carbonyl (C=O) groups is 1. The van der Waals surface area contributed by atoms with Crippen molar-refractivity contribution in [1.82, 2.24) is 5.06 Å². The molecule has 1 amide bonds. The molecule has 1 saturated carbocycles. The number of rotatable bonds is 4. The van der Waals surface area contributed by atoms with E-state index in [1.165, 1.54) is 14.2 Å². The topological polar surface area (TPSA) is 38.8 Å². The molecule has 1 fully saturated rings. The fraction of sp³-hybridized carbons (Fsp3) is 0.462. The summed E-state index contributed by atoms with van der Waals surface area (Å²) >= 11 is 0. The van der Waals surface area contributed by atoms with Crippen molar-refractivity contribution in [3.63, 3.8) is 0 Å². The Balaban J connectivity index is 2.09. The Labute approximate surface area is 105 Å². The highest BCUT2D eigenvalue weighted by Crippen LogP contribution is 2.51. The zero-order valence-corrected chi connectivity index (χ0v) is 10.6. The van der Waals surface area contributed by atoms with Crippen LogP contribution in [0.4, 0.5) is 4.39 Å². The molecule has 18 heavy (non-hydrogen) atoms. The van der Waals surface area contributed by atoms with E-state index >= 15 is 0 Å². The van der Waals surface area contributed by atoms with E-state index in [1.807, 2.05) is 0 Å². The van der Waals surface area contributed by atoms with Gasteiger partial charge in [0, 0.05) is 13.0 Å². The van der Waals surface area contributed by atoms with E-state index in [2.05, 4.69) is 0 Å². The van der Waals surface area contributed by atoms with Gasteiger partial charge in [-0.3, -0.25) is 9.63 Å². The van der Waals surface area contributed by atoms with Crippen LogP contribution in [-0.4, -0.2) is 38.4 Å². The molecule has 98 valence electrons. The Morgan fingerprint density at radius 3 is 2.39 bits per heavy atom. The number of halogens is 1. The van der Waals surface area contributed by atoms with E-state index in [0.717, 1.165) is 10.6 Å². The lowest BCUT2D eigenvalue weighted by molar-refractivity contribution is -0.170. The second-order valence-electron chi connectivity index (χ2n) is 4.29. The number of hydrogen-bond acceptors (Lipinski definition) is 3. The minimum atomic E-state index is -1.14. The van der Waals surface area contributed by atoms with E-state index in [-0.39, 0.29) is 11.8 Å². The average molecular weight is 253 g/mol. The standard InChI is InChI=1S/C13H16FNO3/c1-15(18-3)13(16)11-10(12(11)14)8-4-6-9(17-2)7-5-8/h4-7,10-12H,1-3H3. The molecule has 0 spiro atoms. The first-order chi connectivity index (χ1) is 8.60. The van der Waals surface area contributed by atoms with E-state index in [4.69, 9.17) is 9.57 Å². The zero-order valence-electron chi connectivity index (χ0n) is 10.6. The lowest BCUT2D eigenvalue weighted by atomic mass is 10.1. The second-order valence-corrected chi connectivity index (χ2v) is 4.29. The van der Waals surface area contributed by atoms with E-state index < -0.39 is 12.1 Å². The van der Waals surface area contributed by atoms with Gasteiger partial charge in [0.05, 0.1) is 20.1 Å². The van der Waals surface area contributed by atoms with Crippen molar-refractivity contribution >= 4 is 5.91 Å². The molecule has 0 N–H and O–H groups in total. The predicted octanol–water partition coefficient (Wildman–Crippen LogP) is 1.77. The van der Waals surface area contributed by atoms with Gasteiger partial charge in [-0.2, -0.15) is 0 Å². The monoisotopic (exact) mass is 253 g/mol. The Bertz CT molecular complexity index is 434.